The second-order valence-corrected chi connectivity index (χ2v) is 4.58. The molecule has 1 N–H and O–H groups in total. The predicted molar refractivity (Wildman–Crippen MR) is 70.7 cm³/mol. The summed E-state index contributed by atoms with van der Waals surface area (Å²) in [6, 6.07) is 12.3. The van der Waals surface area contributed by atoms with Gasteiger partial charge in [-0.15, -0.1) is 5.10 Å². The molecule has 1 heterocycles. The van der Waals surface area contributed by atoms with E-state index >= 15 is 0 Å². The number of anilines is 1. The lowest BCUT2D eigenvalue weighted by atomic mass is 10.1. The van der Waals surface area contributed by atoms with Crippen molar-refractivity contribution in [1.82, 2.24) is 15.1 Å². The van der Waals surface area contributed by atoms with E-state index in [9.17, 15) is 0 Å². The summed E-state index contributed by atoms with van der Waals surface area (Å²) in [4.78, 5) is 1.57. The van der Waals surface area contributed by atoms with Gasteiger partial charge in [-0.25, -0.2) is 0 Å². The molecule has 0 atom stereocenters. The Balaban J connectivity index is 1.99. The van der Waals surface area contributed by atoms with E-state index in [1.54, 1.807) is 17.2 Å². The molecule has 5 heteroatoms. The Morgan fingerprint density at radius 2 is 1.88 bits per heavy atom. The van der Waals surface area contributed by atoms with Crippen molar-refractivity contribution in [3.63, 3.8) is 0 Å². The fraction of sp³-hybridized carbons (Fsp3) is 0. The maximum atomic E-state index is 3.85. The summed E-state index contributed by atoms with van der Waals surface area (Å²) in [5, 5.41) is 9.97. The van der Waals surface area contributed by atoms with Crippen LogP contribution in [0.5, 0.6) is 0 Å². The summed E-state index contributed by atoms with van der Waals surface area (Å²) in [7, 11) is 0. The van der Waals surface area contributed by atoms with Crippen molar-refractivity contribution in [2.45, 2.75) is 0 Å². The Morgan fingerprint density at radius 3 is 2.71 bits per heavy atom. The highest BCUT2D eigenvalue weighted by atomic mass is 79.9. The quantitative estimate of drug-likeness (QED) is 0.788. The minimum Gasteiger partial charge on any atom is -0.277 e. The highest BCUT2D eigenvalue weighted by Gasteiger charge is 1.98. The second-order valence-electron chi connectivity index (χ2n) is 3.67. The number of fused-ring (bicyclic) bond motifs is 1. The Kier molecular flexibility index (Phi) is 2.53. The highest BCUT2D eigenvalue weighted by molar-refractivity contribution is 9.10. The predicted octanol–water partition coefficient (Wildman–Crippen LogP) is 3.07. The van der Waals surface area contributed by atoms with Crippen LogP contribution in [0.2, 0.25) is 0 Å². The minimum atomic E-state index is 0.977. The zero-order valence-corrected chi connectivity index (χ0v) is 10.4. The maximum Gasteiger partial charge on any atom is 0.0715 e. The van der Waals surface area contributed by atoms with Crippen LogP contribution in [0, 0.1) is 0 Å². The number of halogens is 1. The van der Waals surface area contributed by atoms with Gasteiger partial charge in [-0.3, -0.25) is 5.43 Å². The molecule has 0 aliphatic carbocycles. The normalized spacial score (nSPS) is 10.6. The largest absolute Gasteiger partial charge is 0.277 e. The van der Waals surface area contributed by atoms with Crippen LogP contribution >= 0.6 is 15.9 Å². The number of rotatable bonds is 2. The summed E-state index contributed by atoms with van der Waals surface area (Å²) in [5.74, 6) is 0. The van der Waals surface area contributed by atoms with Crippen LogP contribution in [-0.2, 0) is 0 Å². The van der Waals surface area contributed by atoms with Crippen LogP contribution in [-0.4, -0.2) is 15.1 Å². The first-order valence-electron chi connectivity index (χ1n) is 5.14. The summed E-state index contributed by atoms with van der Waals surface area (Å²) < 4.78 is 1.09. The molecule has 0 bridgehead atoms. The number of nitrogens with zero attached hydrogens (tertiary/aromatic N) is 3. The van der Waals surface area contributed by atoms with Crippen molar-refractivity contribution < 1.29 is 0 Å². The van der Waals surface area contributed by atoms with E-state index in [0.29, 0.717) is 0 Å². The van der Waals surface area contributed by atoms with E-state index in [0.717, 1.165) is 10.2 Å². The van der Waals surface area contributed by atoms with E-state index in [1.165, 1.54) is 10.8 Å². The van der Waals surface area contributed by atoms with Gasteiger partial charge in [0.05, 0.1) is 18.1 Å². The van der Waals surface area contributed by atoms with Gasteiger partial charge in [0, 0.05) is 4.47 Å². The lowest BCUT2D eigenvalue weighted by Crippen LogP contribution is -2.09. The molecule has 0 saturated carbocycles. The summed E-state index contributed by atoms with van der Waals surface area (Å²) in [5.41, 5.74) is 4.10. The molecule has 3 rings (SSSR count). The average Bonchev–Trinajstić information content (AvgIpc) is 2.82. The third-order valence-electron chi connectivity index (χ3n) is 2.47. The maximum absolute atomic E-state index is 3.85. The van der Waals surface area contributed by atoms with Gasteiger partial charge in [0.15, 0.2) is 0 Å². The van der Waals surface area contributed by atoms with Gasteiger partial charge in [-0.1, -0.05) is 28.1 Å². The molecule has 2 aromatic carbocycles. The molecule has 0 fully saturated rings. The number of benzene rings is 2. The lowest BCUT2D eigenvalue weighted by Gasteiger charge is -2.06. The Bertz CT molecular complexity index is 649. The first kappa shape index (κ1) is 10.3. The molecule has 0 aliphatic heterocycles. The van der Waals surface area contributed by atoms with Crippen molar-refractivity contribution >= 4 is 32.4 Å². The minimum absolute atomic E-state index is 0.977. The van der Waals surface area contributed by atoms with Crippen molar-refractivity contribution in [3.05, 3.63) is 53.3 Å². The van der Waals surface area contributed by atoms with E-state index in [-0.39, 0.29) is 0 Å². The first-order valence-corrected chi connectivity index (χ1v) is 5.93. The van der Waals surface area contributed by atoms with Crippen molar-refractivity contribution in [3.8, 4) is 0 Å². The van der Waals surface area contributed by atoms with Crippen molar-refractivity contribution in [1.29, 1.82) is 0 Å². The van der Waals surface area contributed by atoms with Gasteiger partial charge in [0.2, 0.25) is 0 Å². The number of hydrogen-bond acceptors (Lipinski definition) is 3. The molecule has 3 aromatic rings. The SMILES string of the molecule is Brc1ccc2cc(Nn3ccnn3)ccc2c1. The van der Waals surface area contributed by atoms with Crippen molar-refractivity contribution in [2.24, 2.45) is 0 Å². The van der Waals surface area contributed by atoms with Crippen LogP contribution in [0.25, 0.3) is 10.8 Å². The van der Waals surface area contributed by atoms with Crippen LogP contribution in [0.15, 0.2) is 53.3 Å². The van der Waals surface area contributed by atoms with Crippen molar-refractivity contribution in [2.75, 3.05) is 5.43 Å². The molecule has 0 radical (unpaired) electrons. The van der Waals surface area contributed by atoms with Crippen LogP contribution in [0.3, 0.4) is 0 Å². The van der Waals surface area contributed by atoms with Crippen LogP contribution < -0.4 is 5.43 Å². The highest BCUT2D eigenvalue weighted by Crippen LogP contribution is 2.22. The van der Waals surface area contributed by atoms with Crippen LogP contribution in [0.4, 0.5) is 5.69 Å². The number of aromatic nitrogens is 3. The van der Waals surface area contributed by atoms with Gasteiger partial charge >= 0.3 is 0 Å². The third-order valence-corrected chi connectivity index (χ3v) is 2.96. The fourth-order valence-electron chi connectivity index (χ4n) is 1.69. The van der Waals surface area contributed by atoms with E-state index < -0.39 is 0 Å². The number of hydrogen-bond donors (Lipinski definition) is 1. The zero-order valence-electron chi connectivity index (χ0n) is 8.84. The van der Waals surface area contributed by atoms with E-state index in [1.807, 2.05) is 12.1 Å². The molecular weight excluding hydrogens is 280 g/mol. The second kappa shape index (κ2) is 4.18. The first-order chi connectivity index (χ1) is 8.31. The zero-order chi connectivity index (χ0) is 11.7. The summed E-state index contributed by atoms with van der Waals surface area (Å²) in [6.45, 7) is 0. The molecule has 84 valence electrons. The van der Waals surface area contributed by atoms with Gasteiger partial charge in [-0.05, 0) is 40.3 Å². The number of nitrogens with one attached hydrogen (secondary N) is 1. The monoisotopic (exact) mass is 288 g/mol. The molecule has 1 aromatic heterocycles. The smallest absolute Gasteiger partial charge is 0.0715 e. The van der Waals surface area contributed by atoms with Gasteiger partial charge in [-0.2, -0.15) is 4.79 Å². The van der Waals surface area contributed by atoms with Gasteiger partial charge in [0.25, 0.3) is 0 Å². The Morgan fingerprint density at radius 1 is 1.06 bits per heavy atom. The standard InChI is InChI=1S/C12H9BrN4/c13-11-3-1-10-8-12(4-2-9(10)7-11)15-17-6-5-14-16-17/h1-8,15H. The lowest BCUT2D eigenvalue weighted by molar-refractivity contribution is 0.745. The topological polar surface area (TPSA) is 42.7 Å². The van der Waals surface area contributed by atoms with E-state index in [2.05, 4.69) is 55.9 Å². The third kappa shape index (κ3) is 2.14. The molecule has 0 spiro atoms. The Hall–Kier alpha value is -1.88. The average molecular weight is 289 g/mol. The molecule has 0 amide bonds. The fourth-order valence-corrected chi connectivity index (χ4v) is 2.07. The Labute approximate surface area is 106 Å². The molecule has 4 nitrogen and oxygen atoms in total. The molecule has 0 aliphatic rings. The van der Waals surface area contributed by atoms with Gasteiger partial charge in [0.1, 0.15) is 0 Å². The molecule has 17 heavy (non-hydrogen) atoms. The summed E-state index contributed by atoms with van der Waals surface area (Å²) >= 11 is 3.46. The van der Waals surface area contributed by atoms with Gasteiger partial charge < -0.3 is 0 Å². The molecule has 0 unspecified atom stereocenters. The molecule has 0 saturated heterocycles. The summed E-state index contributed by atoms with van der Waals surface area (Å²) in [6.07, 6.45) is 3.39. The van der Waals surface area contributed by atoms with Crippen LogP contribution in [0.1, 0.15) is 0 Å². The van der Waals surface area contributed by atoms with E-state index in [4.69, 9.17) is 0 Å². The molecular formula is C12H9BrN4.